The van der Waals surface area contributed by atoms with Gasteiger partial charge >= 0.3 is 0 Å². The summed E-state index contributed by atoms with van der Waals surface area (Å²) < 4.78 is 0. The summed E-state index contributed by atoms with van der Waals surface area (Å²) in [5.41, 5.74) is 2.54. The number of hydrogen-bond donors (Lipinski definition) is 1. The molecule has 1 aliphatic carbocycles. The summed E-state index contributed by atoms with van der Waals surface area (Å²) >= 11 is 13.7. The summed E-state index contributed by atoms with van der Waals surface area (Å²) in [6.45, 7) is 0. The lowest BCUT2D eigenvalue weighted by Gasteiger charge is -2.13. The lowest BCUT2D eigenvalue weighted by atomic mass is 9.95. The highest BCUT2D eigenvalue weighted by Crippen LogP contribution is 2.32. The van der Waals surface area contributed by atoms with Crippen molar-refractivity contribution in [3.63, 3.8) is 0 Å². The van der Waals surface area contributed by atoms with Crippen LogP contribution in [0.25, 0.3) is 0 Å². The van der Waals surface area contributed by atoms with E-state index in [4.69, 9.17) is 23.2 Å². The second-order valence-corrected chi connectivity index (χ2v) is 6.64. The monoisotopic (exact) mass is 325 g/mol. The molecule has 20 heavy (non-hydrogen) atoms. The molecule has 0 unspecified atom stereocenters. The Bertz CT molecular complexity index is 666. The first-order valence-electron chi connectivity index (χ1n) is 6.51. The molecule has 2 nitrogen and oxygen atoms in total. The van der Waals surface area contributed by atoms with Gasteiger partial charge in [-0.05, 0) is 49.4 Å². The van der Waals surface area contributed by atoms with Crippen molar-refractivity contribution < 1.29 is 4.79 Å². The van der Waals surface area contributed by atoms with Crippen molar-refractivity contribution in [1.82, 2.24) is 0 Å². The second kappa shape index (κ2) is 5.76. The molecule has 104 valence electrons. The minimum atomic E-state index is -0.103. The maximum absolute atomic E-state index is 12.4. The average molecular weight is 326 g/mol. The van der Waals surface area contributed by atoms with Crippen molar-refractivity contribution in [1.29, 1.82) is 0 Å². The summed E-state index contributed by atoms with van der Waals surface area (Å²) in [7, 11) is 0. The maximum Gasteiger partial charge on any atom is 0.256 e. The van der Waals surface area contributed by atoms with Gasteiger partial charge in [0.2, 0.25) is 0 Å². The molecular formula is C15H13Cl2NOS. The number of anilines is 1. The molecule has 0 atom stereocenters. The third-order valence-corrected chi connectivity index (χ3v) is 5.14. The highest BCUT2D eigenvalue weighted by Gasteiger charge is 2.20. The molecule has 0 saturated carbocycles. The van der Waals surface area contributed by atoms with Crippen molar-refractivity contribution >= 4 is 46.1 Å². The molecule has 3 rings (SSSR count). The first kappa shape index (κ1) is 13.9. The van der Waals surface area contributed by atoms with Gasteiger partial charge in [-0.15, -0.1) is 11.3 Å². The van der Waals surface area contributed by atoms with Gasteiger partial charge in [0.05, 0.1) is 16.3 Å². The SMILES string of the molecule is O=C(Nc1cc(Cl)ccc1Cl)c1csc2c1CCCC2. The minimum absolute atomic E-state index is 0.103. The molecule has 1 aromatic carbocycles. The molecule has 1 amide bonds. The normalized spacial score (nSPS) is 13.9. The van der Waals surface area contributed by atoms with E-state index in [2.05, 4.69) is 5.32 Å². The van der Waals surface area contributed by atoms with E-state index in [0.717, 1.165) is 24.8 Å². The quantitative estimate of drug-likeness (QED) is 0.809. The lowest BCUT2D eigenvalue weighted by molar-refractivity contribution is 0.102. The number of hydrogen-bond acceptors (Lipinski definition) is 2. The predicted molar refractivity (Wildman–Crippen MR) is 85.4 cm³/mol. The lowest BCUT2D eigenvalue weighted by Crippen LogP contribution is -2.14. The van der Waals surface area contributed by atoms with Gasteiger partial charge in [0, 0.05) is 15.3 Å². The van der Waals surface area contributed by atoms with E-state index in [-0.39, 0.29) is 5.91 Å². The zero-order valence-electron chi connectivity index (χ0n) is 10.7. The van der Waals surface area contributed by atoms with Gasteiger partial charge in [-0.25, -0.2) is 0 Å². The molecule has 0 bridgehead atoms. The Kier molecular flexibility index (Phi) is 4.01. The Morgan fingerprint density at radius 1 is 1.20 bits per heavy atom. The maximum atomic E-state index is 12.4. The summed E-state index contributed by atoms with van der Waals surface area (Å²) in [5, 5.41) is 5.85. The van der Waals surface area contributed by atoms with Crippen LogP contribution in [0.2, 0.25) is 10.0 Å². The highest BCUT2D eigenvalue weighted by molar-refractivity contribution is 7.10. The van der Waals surface area contributed by atoms with E-state index in [1.165, 1.54) is 16.9 Å². The summed E-state index contributed by atoms with van der Waals surface area (Å²) in [6, 6.07) is 5.05. The Morgan fingerprint density at radius 2 is 2.00 bits per heavy atom. The second-order valence-electron chi connectivity index (χ2n) is 4.84. The molecule has 0 aliphatic heterocycles. The molecule has 1 aromatic heterocycles. The van der Waals surface area contributed by atoms with Gasteiger partial charge in [0.1, 0.15) is 0 Å². The van der Waals surface area contributed by atoms with Crippen LogP contribution in [0.3, 0.4) is 0 Å². The molecule has 0 fully saturated rings. The van der Waals surface area contributed by atoms with Gasteiger partial charge in [-0.3, -0.25) is 4.79 Å². The first-order valence-corrected chi connectivity index (χ1v) is 8.14. The van der Waals surface area contributed by atoms with Crippen LogP contribution in [0.4, 0.5) is 5.69 Å². The summed E-state index contributed by atoms with van der Waals surface area (Å²) in [4.78, 5) is 13.8. The smallest absolute Gasteiger partial charge is 0.256 e. The number of halogens is 2. The van der Waals surface area contributed by atoms with E-state index >= 15 is 0 Å². The number of benzene rings is 1. The van der Waals surface area contributed by atoms with E-state index < -0.39 is 0 Å². The van der Waals surface area contributed by atoms with Gasteiger partial charge in [0.25, 0.3) is 5.91 Å². The van der Waals surface area contributed by atoms with Crippen LogP contribution < -0.4 is 5.32 Å². The van der Waals surface area contributed by atoms with E-state index in [0.29, 0.717) is 15.7 Å². The number of carbonyl (C=O) groups excluding carboxylic acids is 1. The van der Waals surface area contributed by atoms with Gasteiger partial charge < -0.3 is 5.32 Å². The van der Waals surface area contributed by atoms with Crippen LogP contribution in [-0.4, -0.2) is 5.91 Å². The van der Waals surface area contributed by atoms with Crippen molar-refractivity contribution in [2.45, 2.75) is 25.7 Å². The van der Waals surface area contributed by atoms with Crippen LogP contribution in [0.1, 0.15) is 33.6 Å². The molecule has 0 spiro atoms. The van der Waals surface area contributed by atoms with Crippen molar-refractivity contribution in [3.05, 3.63) is 49.6 Å². The number of carbonyl (C=O) groups is 1. The zero-order valence-corrected chi connectivity index (χ0v) is 13.0. The summed E-state index contributed by atoms with van der Waals surface area (Å²) in [6.07, 6.45) is 4.45. The van der Waals surface area contributed by atoms with Crippen LogP contribution in [0, 0.1) is 0 Å². The fraction of sp³-hybridized carbons (Fsp3) is 0.267. The zero-order chi connectivity index (χ0) is 14.1. The van der Waals surface area contributed by atoms with Crippen molar-refractivity contribution in [2.75, 3.05) is 5.32 Å². The standard InChI is InChI=1S/C15H13Cl2NOS/c16-9-5-6-12(17)13(7-9)18-15(19)11-8-20-14-4-2-1-3-10(11)14/h5-8H,1-4H2,(H,18,19). The van der Waals surface area contributed by atoms with Crippen molar-refractivity contribution in [3.8, 4) is 0 Å². The molecule has 2 aromatic rings. The molecular weight excluding hydrogens is 313 g/mol. The fourth-order valence-corrected chi connectivity index (χ4v) is 3.93. The Balaban J connectivity index is 1.86. The van der Waals surface area contributed by atoms with Crippen LogP contribution in [-0.2, 0) is 12.8 Å². The molecule has 0 radical (unpaired) electrons. The molecule has 1 N–H and O–H groups in total. The van der Waals surface area contributed by atoms with Crippen LogP contribution in [0.5, 0.6) is 0 Å². The molecule has 1 heterocycles. The Labute approximate surface area is 131 Å². The topological polar surface area (TPSA) is 29.1 Å². The van der Waals surface area contributed by atoms with Crippen LogP contribution in [0.15, 0.2) is 23.6 Å². The number of amides is 1. The Hall–Kier alpha value is -1.03. The third kappa shape index (κ3) is 2.71. The molecule has 1 aliphatic rings. The molecule has 0 saturated heterocycles. The van der Waals surface area contributed by atoms with E-state index in [1.807, 2.05) is 5.38 Å². The Morgan fingerprint density at radius 3 is 2.85 bits per heavy atom. The van der Waals surface area contributed by atoms with Crippen LogP contribution >= 0.6 is 34.5 Å². The number of thiophene rings is 1. The number of nitrogens with one attached hydrogen (secondary N) is 1. The number of aryl methyl sites for hydroxylation is 1. The first-order chi connectivity index (χ1) is 9.65. The van der Waals surface area contributed by atoms with Crippen molar-refractivity contribution in [2.24, 2.45) is 0 Å². The highest BCUT2D eigenvalue weighted by atomic mass is 35.5. The summed E-state index contributed by atoms with van der Waals surface area (Å²) in [5.74, 6) is -0.103. The fourth-order valence-electron chi connectivity index (χ4n) is 2.47. The third-order valence-electron chi connectivity index (χ3n) is 3.48. The average Bonchev–Trinajstić information content (AvgIpc) is 2.87. The number of rotatable bonds is 2. The largest absolute Gasteiger partial charge is 0.321 e. The van der Waals surface area contributed by atoms with Gasteiger partial charge in [0.15, 0.2) is 0 Å². The van der Waals surface area contributed by atoms with E-state index in [9.17, 15) is 4.79 Å². The van der Waals surface area contributed by atoms with E-state index in [1.54, 1.807) is 29.5 Å². The number of fused-ring (bicyclic) bond motifs is 1. The predicted octanol–water partition coefficient (Wildman–Crippen LogP) is 5.19. The van der Waals surface area contributed by atoms with Gasteiger partial charge in [-0.2, -0.15) is 0 Å². The molecule has 5 heteroatoms. The van der Waals surface area contributed by atoms with Gasteiger partial charge in [-0.1, -0.05) is 23.2 Å². The minimum Gasteiger partial charge on any atom is -0.321 e.